The van der Waals surface area contributed by atoms with Crippen molar-refractivity contribution in [2.45, 2.75) is 25.3 Å². The Kier molecular flexibility index (Phi) is 3.49. The molecule has 8 heteroatoms. The van der Waals surface area contributed by atoms with E-state index in [9.17, 15) is 9.59 Å². The minimum Gasteiger partial charge on any atom is -0.463 e. The van der Waals surface area contributed by atoms with E-state index in [0.29, 0.717) is 23.6 Å². The van der Waals surface area contributed by atoms with E-state index in [1.54, 1.807) is 30.5 Å². The molecule has 3 heterocycles. The monoisotopic (exact) mass is 325 g/mol. The fourth-order valence-electron chi connectivity index (χ4n) is 2.92. The Labute approximate surface area is 136 Å². The van der Waals surface area contributed by atoms with Gasteiger partial charge < -0.3 is 9.73 Å². The summed E-state index contributed by atoms with van der Waals surface area (Å²) in [5.41, 5.74) is 2.50. The highest BCUT2D eigenvalue weighted by atomic mass is 16.3. The zero-order valence-electron chi connectivity index (χ0n) is 12.7. The summed E-state index contributed by atoms with van der Waals surface area (Å²) in [6, 6.07) is 6.71. The zero-order valence-corrected chi connectivity index (χ0v) is 12.7. The lowest BCUT2D eigenvalue weighted by molar-refractivity contribution is 0.0928. The van der Waals surface area contributed by atoms with Gasteiger partial charge in [-0.3, -0.25) is 14.7 Å². The van der Waals surface area contributed by atoms with Gasteiger partial charge >= 0.3 is 0 Å². The summed E-state index contributed by atoms with van der Waals surface area (Å²) in [5.74, 6) is 0.369. The molecular formula is C16H15N5O3. The number of aryl methyl sites for hydroxylation is 1. The number of furan rings is 1. The van der Waals surface area contributed by atoms with Gasteiger partial charge in [0.2, 0.25) is 0 Å². The number of aromatic nitrogens is 4. The number of fused-ring (bicyclic) bond motifs is 1. The predicted octanol–water partition coefficient (Wildman–Crippen LogP) is 1.04. The largest absolute Gasteiger partial charge is 0.463 e. The molecule has 1 atom stereocenters. The average molecular weight is 325 g/mol. The van der Waals surface area contributed by atoms with Gasteiger partial charge in [-0.05, 0) is 37.0 Å². The molecule has 0 saturated carbocycles. The molecule has 1 aliphatic rings. The highest BCUT2D eigenvalue weighted by Crippen LogP contribution is 2.20. The van der Waals surface area contributed by atoms with Crippen LogP contribution < -0.4 is 10.9 Å². The van der Waals surface area contributed by atoms with E-state index in [1.165, 1.54) is 0 Å². The molecule has 24 heavy (non-hydrogen) atoms. The van der Waals surface area contributed by atoms with Gasteiger partial charge in [0.15, 0.2) is 11.5 Å². The number of nitrogens with zero attached hydrogens (tertiary/aromatic N) is 2. The molecule has 0 saturated heterocycles. The molecule has 0 spiro atoms. The van der Waals surface area contributed by atoms with Crippen LogP contribution in [0.3, 0.4) is 0 Å². The van der Waals surface area contributed by atoms with Crippen molar-refractivity contribution in [2.75, 3.05) is 0 Å². The normalized spacial score (nSPS) is 16.6. The molecule has 1 amide bonds. The lowest BCUT2D eigenvalue weighted by atomic mass is 9.92. The molecule has 3 aromatic heterocycles. The molecule has 122 valence electrons. The molecule has 3 N–H and O–H groups in total. The highest BCUT2D eigenvalue weighted by molar-refractivity contribution is 5.93. The molecule has 0 unspecified atom stereocenters. The maximum absolute atomic E-state index is 12.4. The standard InChI is InChI=1S/C16H15N5O3/c22-15-7-9-6-10(3-4-11(9)18-21-15)17-16(23)13-8-12(19-20-13)14-2-1-5-24-14/h1-2,5,7-8,10H,3-4,6H2,(H,17,23)(H,19,20)(H,21,22)/t10-/m1/s1. The van der Waals surface area contributed by atoms with Crippen LogP contribution in [0.5, 0.6) is 0 Å². The first-order valence-electron chi connectivity index (χ1n) is 7.66. The van der Waals surface area contributed by atoms with E-state index in [2.05, 4.69) is 25.7 Å². The summed E-state index contributed by atoms with van der Waals surface area (Å²) in [5, 5.41) is 16.3. The van der Waals surface area contributed by atoms with Crippen molar-refractivity contribution in [3.05, 3.63) is 57.8 Å². The predicted molar refractivity (Wildman–Crippen MR) is 84.4 cm³/mol. The van der Waals surface area contributed by atoms with Crippen molar-refractivity contribution in [3.8, 4) is 11.5 Å². The summed E-state index contributed by atoms with van der Waals surface area (Å²) in [6.07, 6.45) is 3.64. The van der Waals surface area contributed by atoms with Gasteiger partial charge in [0, 0.05) is 18.2 Å². The first-order valence-corrected chi connectivity index (χ1v) is 7.66. The van der Waals surface area contributed by atoms with Gasteiger partial charge in [-0.2, -0.15) is 10.2 Å². The van der Waals surface area contributed by atoms with Crippen LogP contribution in [-0.4, -0.2) is 32.3 Å². The molecule has 0 bridgehead atoms. The fraction of sp³-hybridized carbons (Fsp3) is 0.250. The molecular weight excluding hydrogens is 310 g/mol. The smallest absolute Gasteiger partial charge is 0.272 e. The summed E-state index contributed by atoms with van der Waals surface area (Å²) in [4.78, 5) is 23.7. The Morgan fingerprint density at radius 1 is 1.29 bits per heavy atom. The number of amides is 1. The summed E-state index contributed by atoms with van der Waals surface area (Å²) in [6.45, 7) is 0. The second kappa shape index (κ2) is 5.80. The molecule has 0 radical (unpaired) electrons. The van der Waals surface area contributed by atoms with Crippen LogP contribution in [0.4, 0.5) is 0 Å². The molecule has 1 aliphatic carbocycles. The van der Waals surface area contributed by atoms with Crippen LogP contribution in [0.1, 0.15) is 28.2 Å². The Morgan fingerprint density at radius 2 is 2.21 bits per heavy atom. The Balaban J connectivity index is 1.46. The van der Waals surface area contributed by atoms with E-state index in [0.717, 1.165) is 24.1 Å². The van der Waals surface area contributed by atoms with Crippen LogP contribution in [0.15, 0.2) is 39.7 Å². The number of rotatable bonds is 3. The number of carbonyl (C=O) groups excluding carboxylic acids is 1. The lowest BCUT2D eigenvalue weighted by Crippen LogP contribution is -2.39. The van der Waals surface area contributed by atoms with E-state index >= 15 is 0 Å². The van der Waals surface area contributed by atoms with E-state index < -0.39 is 0 Å². The van der Waals surface area contributed by atoms with Crippen LogP contribution in [-0.2, 0) is 12.8 Å². The number of hydrogen-bond donors (Lipinski definition) is 3. The maximum Gasteiger partial charge on any atom is 0.272 e. The van der Waals surface area contributed by atoms with Crippen molar-refractivity contribution in [1.82, 2.24) is 25.7 Å². The van der Waals surface area contributed by atoms with Crippen LogP contribution in [0.25, 0.3) is 11.5 Å². The van der Waals surface area contributed by atoms with Crippen molar-refractivity contribution in [2.24, 2.45) is 0 Å². The van der Waals surface area contributed by atoms with Crippen molar-refractivity contribution in [1.29, 1.82) is 0 Å². The van der Waals surface area contributed by atoms with Gasteiger partial charge in [0.1, 0.15) is 5.69 Å². The van der Waals surface area contributed by atoms with E-state index in [1.807, 2.05) is 0 Å². The SMILES string of the molecule is O=C(N[C@@H]1CCc2n[nH]c(=O)cc2C1)c1cc(-c2ccco2)[nH]n1. The number of H-pyrrole nitrogens is 2. The first kappa shape index (κ1) is 14.4. The van der Waals surface area contributed by atoms with Gasteiger partial charge in [-0.15, -0.1) is 0 Å². The second-order valence-electron chi connectivity index (χ2n) is 5.76. The molecule has 0 aliphatic heterocycles. The van der Waals surface area contributed by atoms with Crippen molar-refractivity contribution >= 4 is 5.91 Å². The second-order valence-corrected chi connectivity index (χ2v) is 5.76. The van der Waals surface area contributed by atoms with Crippen molar-refractivity contribution < 1.29 is 9.21 Å². The van der Waals surface area contributed by atoms with Crippen LogP contribution in [0.2, 0.25) is 0 Å². The minimum atomic E-state index is -0.254. The van der Waals surface area contributed by atoms with E-state index in [4.69, 9.17) is 4.42 Å². The number of nitrogens with one attached hydrogen (secondary N) is 3. The summed E-state index contributed by atoms with van der Waals surface area (Å²) >= 11 is 0. The van der Waals surface area contributed by atoms with Gasteiger partial charge in [0.05, 0.1) is 12.0 Å². The Bertz CT molecular complexity index is 925. The third-order valence-corrected chi connectivity index (χ3v) is 4.11. The summed E-state index contributed by atoms with van der Waals surface area (Å²) < 4.78 is 5.27. The first-order chi connectivity index (χ1) is 11.7. The zero-order chi connectivity index (χ0) is 16.5. The van der Waals surface area contributed by atoms with Gasteiger partial charge in [0.25, 0.3) is 11.5 Å². The van der Waals surface area contributed by atoms with E-state index in [-0.39, 0.29) is 17.5 Å². The Hall–Kier alpha value is -3.16. The third kappa shape index (κ3) is 2.73. The fourth-order valence-corrected chi connectivity index (χ4v) is 2.92. The number of hydrogen-bond acceptors (Lipinski definition) is 5. The maximum atomic E-state index is 12.4. The summed E-state index contributed by atoms with van der Waals surface area (Å²) in [7, 11) is 0. The Morgan fingerprint density at radius 3 is 3.04 bits per heavy atom. The number of carbonyl (C=O) groups is 1. The van der Waals surface area contributed by atoms with Crippen LogP contribution in [0, 0.1) is 0 Å². The minimum absolute atomic E-state index is 0.0441. The molecule has 3 aromatic rings. The van der Waals surface area contributed by atoms with Gasteiger partial charge in [-0.1, -0.05) is 0 Å². The average Bonchev–Trinajstić information content (AvgIpc) is 3.25. The van der Waals surface area contributed by atoms with Gasteiger partial charge in [-0.25, -0.2) is 5.10 Å². The van der Waals surface area contributed by atoms with Crippen molar-refractivity contribution in [3.63, 3.8) is 0 Å². The number of aromatic amines is 2. The molecule has 8 nitrogen and oxygen atoms in total. The van der Waals surface area contributed by atoms with Crippen LogP contribution >= 0.6 is 0 Å². The highest BCUT2D eigenvalue weighted by Gasteiger charge is 2.23. The molecule has 0 fully saturated rings. The quantitative estimate of drug-likeness (QED) is 0.665. The molecule has 0 aromatic carbocycles. The topological polar surface area (TPSA) is 117 Å². The lowest BCUT2D eigenvalue weighted by Gasteiger charge is -2.23. The third-order valence-electron chi connectivity index (χ3n) is 4.11. The molecule has 4 rings (SSSR count).